The third kappa shape index (κ3) is 3.71. The Balaban J connectivity index is 1.35. The molecule has 0 radical (unpaired) electrons. The summed E-state index contributed by atoms with van der Waals surface area (Å²) in [7, 11) is 0. The molecule has 9 nitrogen and oxygen atoms in total. The van der Waals surface area contributed by atoms with Gasteiger partial charge >= 0.3 is 0 Å². The summed E-state index contributed by atoms with van der Waals surface area (Å²) >= 11 is 0. The Hall–Kier alpha value is -3.49. The first-order valence-corrected chi connectivity index (χ1v) is 8.68. The minimum absolute atomic E-state index is 0.0230. The van der Waals surface area contributed by atoms with Gasteiger partial charge in [0.05, 0.1) is 12.0 Å². The molecule has 1 aliphatic heterocycles. The number of rotatable bonds is 4. The Morgan fingerprint density at radius 2 is 2.00 bits per heavy atom. The zero-order chi connectivity index (χ0) is 18.6. The van der Waals surface area contributed by atoms with Gasteiger partial charge in [0, 0.05) is 24.7 Å². The van der Waals surface area contributed by atoms with Gasteiger partial charge in [-0.05, 0) is 53.6 Å². The van der Waals surface area contributed by atoms with E-state index in [2.05, 4.69) is 20.8 Å². The van der Waals surface area contributed by atoms with E-state index in [0.29, 0.717) is 42.9 Å². The van der Waals surface area contributed by atoms with E-state index in [1.165, 1.54) is 17.3 Å². The van der Waals surface area contributed by atoms with Crippen molar-refractivity contribution >= 4 is 11.8 Å². The molecule has 0 aliphatic carbocycles. The summed E-state index contributed by atoms with van der Waals surface area (Å²) in [4.78, 5) is 26.6. The smallest absolute Gasteiger partial charge is 0.289 e. The Labute approximate surface area is 155 Å². The van der Waals surface area contributed by atoms with E-state index >= 15 is 0 Å². The normalized spacial score (nSPS) is 14.9. The molecule has 0 bridgehead atoms. The number of carbonyl (C=O) groups excluding carboxylic acids is 2. The van der Waals surface area contributed by atoms with Crippen molar-refractivity contribution in [2.75, 3.05) is 13.1 Å². The Morgan fingerprint density at radius 1 is 1.15 bits per heavy atom. The molecule has 0 atom stereocenters. The van der Waals surface area contributed by atoms with Crippen LogP contribution in [0.4, 0.5) is 0 Å². The van der Waals surface area contributed by atoms with Crippen molar-refractivity contribution in [2.45, 2.75) is 18.9 Å². The van der Waals surface area contributed by atoms with Gasteiger partial charge in [-0.3, -0.25) is 9.59 Å². The largest absolute Gasteiger partial charge is 0.459 e. The van der Waals surface area contributed by atoms with E-state index in [0.717, 1.165) is 0 Å². The third-order valence-electron chi connectivity index (χ3n) is 4.57. The molecule has 138 valence electrons. The second-order valence-electron chi connectivity index (χ2n) is 6.32. The number of tetrazole rings is 1. The molecular formula is C18H18N6O3. The molecule has 0 saturated carbocycles. The van der Waals surface area contributed by atoms with Crippen molar-refractivity contribution < 1.29 is 14.0 Å². The highest BCUT2D eigenvalue weighted by Crippen LogP contribution is 2.15. The molecule has 1 aliphatic rings. The molecule has 1 fully saturated rings. The molecule has 0 unspecified atom stereocenters. The highest BCUT2D eigenvalue weighted by Gasteiger charge is 2.26. The molecule has 1 saturated heterocycles. The predicted molar refractivity (Wildman–Crippen MR) is 94.3 cm³/mol. The summed E-state index contributed by atoms with van der Waals surface area (Å²) in [5.41, 5.74) is 1.25. The van der Waals surface area contributed by atoms with E-state index in [9.17, 15) is 9.59 Å². The van der Waals surface area contributed by atoms with Gasteiger partial charge in [0.2, 0.25) is 0 Å². The second kappa shape index (κ2) is 7.40. The lowest BCUT2D eigenvalue weighted by atomic mass is 10.0. The molecule has 4 rings (SSSR count). The van der Waals surface area contributed by atoms with Crippen LogP contribution in [0.3, 0.4) is 0 Å². The number of nitrogens with zero attached hydrogens (tertiary/aromatic N) is 5. The molecule has 0 spiro atoms. The standard InChI is InChI=1S/C18H18N6O3/c25-17(13-3-1-4-15(11-13)24-12-19-21-22-24)20-14-6-8-23(9-7-14)18(26)16-5-2-10-27-16/h1-5,10-12,14H,6-9H2,(H,20,25). The topological polar surface area (TPSA) is 106 Å². The van der Waals surface area contributed by atoms with Crippen molar-refractivity contribution in [1.82, 2.24) is 30.4 Å². The molecule has 3 aromatic rings. The van der Waals surface area contributed by atoms with Gasteiger partial charge in [-0.15, -0.1) is 5.10 Å². The maximum Gasteiger partial charge on any atom is 0.289 e. The fourth-order valence-electron chi connectivity index (χ4n) is 3.12. The zero-order valence-corrected chi connectivity index (χ0v) is 14.5. The first-order chi connectivity index (χ1) is 13.2. The van der Waals surface area contributed by atoms with Crippen LogP contribution in [0.15, 0.2) is 53.4 Å². The van der Waals surface area contributed by atoms with Crippen molar-refractivity contribution in [3.05, 3.63) is 60.3 Å². The number of amides is 2. The number of likely N-dealkylation sites (tertiary alicyclic amines) is 1. The molecule has 27 heavy (non-hydrogen) atoms. The number of benzene rings is 1. The number of hydrogen-bond donors (Lipinski definition) is 1. The lowest BCUT2D eigenvalue weighted by Gasteiger charge is -2.31. The van der Waals surface area contributed by atoms with Gasteiger partial charge in [0.1, 0.15) is 6.33 Å². The zero-order valence-electron chi connectivity index (χ0n) is 14.5. The summed E-state index contributed by atoms with van der Waals surface area (Å²) in [5.74, 6) is 0.0801. The van der Waals surface area contributed by atoms with E-state index in [4.69, 9.17) is 4.42 Å². The molecule has 2 aromatic heterocycles. The van der Waals surface area contributed by atoms with Gasteiger partial charge in [-0.1, -0.05) is 6.07 Å². The number of aromatic nitrogens is 4. The van der Waals surface area contributed by atoms with Crippen LogP contribution >= 0.6 is 0 Å². The van der Waals surface area contributed by atoms with Crippen molar-refractivity contribution in [3.63, 3.8) is 0 Å². The predicted octanol–water partition coefficient (Wildman–Crippen LogP) is 1.29. The fourth-order valence-corrected chi connectivity index (χ4v) is 3.12. The third-order valence-corrected chi connectivity index (χ3v) is 4.57. The first kappa shape index (κ1) is 17.0. The average molecular weight is 366 g/mol. The van der Waals surface area contributed by atoms with Crippen LogP contribution in [0.1, 0.15) is 33.8 Å². The Kier molecular flexibility index (Phi) is 4.65. The minimum atomic E-state index is -0.152. The van der Waals surface area contributed by atoms with E-state index < -0.39 is 0 Å². The summed E-state index contributed by atoms with van der Waals surface area (Å²) in [6.07, 6.45) is 4.36. The Bertz CT molecular complexity index is 914. The van der Waals surface area contributed by atoms with Gasteiger partial charge in [0.15, 0.2) is 5.76 Å². The fraction of sp³-hybridized carbons (Fsp3) is 0.278. The van der Waals surface area contributed by atoms with E-state index in [-0.39, 0.29) is 17.9 Å². The SMILES string of the molecule is O=C(NC1CCN(C(=O)c2ccco2)CC1)c1cccc(-n2cnnn2)c1. The van der Waals surface area contributed by atoms with E-state index in [1.54, 1.807) is 35.2 Å². The summed E-state index contributed by atoms with van der Waals surface area (Å²) in [6.45, 7) is 1.16. The monoisotopic (exact) mass is 366 g/mol. The van der Waals surface area contributed by atoms with Gasteiger partial charge in [-0.25, -0.2) is 4.68 Å². The lowest BCUT2D eigenvalue weighted by Crippen LogP contribution is -2.46. The Morgan fingerprint density at radius 3 is 2.70 bits per heavy atom. The minimum Gasteiger partial charge on any atom is -0.459 e. The maximum absolute atomic E-state index is 12.6. The molecule has 9 heteroatoms. The number of carbonyl (C=O) groups is 2. The highest BCUT2D eigenvalue weighted by molar-refractivity contribution is 5.95. The van der Waals surface area contributed by atoms with Gasteiger partial charge in [0.25, 0.3) is 11.8 Å². The molecule has 3 heterocycles. The van der Waals surface area contributed by atoms with Crippen LogP contribution in [-0.4, -0.2) is 56.1 Å². The number of hydrogen-bond acceptors (Lipinski definition) is 6. The molecule has 1 aromatic carbocycles. The van der Waals surface area contributed by atoms with Crippen LogP contribution in [0, 0.1) is 0 Å². The summed E-state index contributed by atoms with van der Waals surface area (Å²) in [5, 5.41) is 14.1. The van der Waals surface area contributed by atoms with Gasteiger partial charge in [-0.2, -0.15) is 0 Å². The number of furan rings is 1. The molecule has 2 amide bonds. The van der Waals surface area contributed by atoms with Crippen molar-refractivity contribution in [3.8, 4) is 5.69 Å². The average Bonchev–Trinajstić information content (AvgIpc) is 3.42. The van der Waals surface area contributed by atoms with Crippen LogP contribution in [0.25, 0.3) is 5.69 Å². The lowest BCUT2D eigenvalue weighted by molar-refractivity contribution is 0.0667. The van der Waals surface area contributed by atoms with Crippen molar-refractivity contribution in [2.24, 2.45) is 0 Å². The first-order valence-electron chi connectivity index (χ1n) is 8.68. The second-order valence-corrected chi connectivity index (χ2v) is 6.32. The summed E-state index contributed by atoms with van der Waals surface area (Å²) < 4.78 is 6.66. The maximum atomic E-state index is 12.6. The van der Waals surface area contributed by atoms with Crippen LogP contribution in [0.2, 0.25) is 0 Å². The quantitative estimate of drug-likeness (QED) is 0.746. The van der Waals surface area contributed by atoms with Crippen LogP contribution in [0.5, 0.6) is 0 Å². The molecular weight excluding hydrogens is 348 g/mol. The molecule has 1 N–H and O–H groups in total. The van der Waals surface area contributed by atoms with Crippen LogP contribution < -0.4 is 5.32 Å². The number of nitrogens with one attached hydrogen (secondary N) is 1. The van der Waals surface area contributed by atoms with Crippen LogP contribution in [-0.2, 0) is 0 Å². The number of piperidine rings is 1. The van der Waals surface area contributed by atoms with E-state index in [1.807, 2.05) is 6.07 Å². The van der Waals surface area contributed by atoms with Gasteiger partial charge < -0.3 is 14.6 Å². The summed E-state index contributed by atoms with van der Waals surface area (Å²) in [6, 6.07) is 10.5. The highest BCUT2D eigenvalue weighted by atomic mass is 16.3. The van der Waals surface area contributed by atoms with Crippen molar-refractivity contribution in [1.29, 1.82) is 0 Å².